The van der Waals surface area contributed by atoms with E-state index >= 15 is 8.78 Å². The Morgan fingerprint density at radius 3 is 2.44 bits per heavy atom. The fourth-order valence-corrected chi connectivity index (χ4v) is 6.39. The Hall–Kier alpha value is -2.72. The first kappa shape index (κ1) is 25.0. The molecule has 0 saturated heterocycles. The van der Waals surface area contributed by atoms with Crippen molar-refractivity contribution in [2.45, 2.75) is 68.8 Å². The number of aliphatic hydroxyl groups excluding tert-OH is 1. The van der Waals surface area contributed by atoms with Crippen molar-refractivity contribution in [2.24, 2.45) is 11.3 Å². The number of nitrogens with zero attached hydrogens (tertiary/aromatic N) is 2. The quantitative estimate of drug-likeness (QED) is 0.501. The van der Waals surface area contributed by atoms with Crippen molar-refractivity contribution in [3.8, 4) is 0 Å². The highest BCUT2D eigenvalue weighted by Gasteiger charge is 2.59. The lowest BCUT2D eigenvalue weighted by atomic mass is 9.74. The van der Waals surface area contributed by atoms with Gasteiger partial charge in [-0.2, -0.15) is 0 Å². The number of aliphatic hydroxyl groups is 1. The summed E-state index contributed by atoms with van der Waals surface area (Å²) in [6, 6.07) is 0.326. The molecular weight excluding hydrogens is 497 g/mol. The van der Waals surface area contributed by atoms with E-state index in [1.807, 2.05) is 0 Å². The number of fused-ring (bicyclic) bond motifs is 2. The molecule has 0 radical (unpaired) electrons. The molecule has 3 fully saturated rings. The van der Waals surface area contributed by atoms with Crippen LogP contribution < -0.4 is 10.6 Å². The average molecular weight is 523 g/mol. The third kappa shape index (κ3) is 4.45. The lowest BCUT2D eigenvalue weighted by Gasteiger charge is -2.37. The lowest BCUT2D eigenvalue weighted by molar-refractivity contribution is -0.127. The van der Waals surface area contributed by atoms with Crippen molar-refractivity contribution in [3.05, 3.63) is 58.6 Å². The van der Waals surface area contributed by atoms with Crippen molar-refractivity contribution in [1.82, 2.24) is 20.6 Å². The second-order valence-corrected chi connectivity index (χ2v) is 10.7. The van der Waals surface area contributed by atoms with Gasteiger partial charge in [0.25, 0.3) is 5.91 Å². The molecule has 2 aromatic rings. The van der Waals surface area contributed by atoms with Crippen LogP contribution in [0, 0.1) is 23.0 Å². The highest BCUT2D eigenvalue weighted by Crippen LogP contribution is 2.63. The molecule has 0 unspecified atom stereocenters. The fourth-order valence-electron chi connectivity index (χ4n) is 6.22. The molecule has 0 spiro atoms. The number of hydrogen-bond acceptors (Lipinski definition) is 5. The van der Waals surface area contributed by atoms with Gasteiger partial charge in [0.15, 0.2) is 0 Å². The van der Waals surface area contributed by atoms with Gasteiger partial charge in [-0.25, -0.2) is 23.1 Å². The van der Waals surface area contributed by atoms with Crippen molar-refractivity contribution in [1.29, 1.82) is 0 Å². The van der Waals surface area contributed by atoms with Crippen molar-refractivity contribution >= 4 is 23.4 Å². The number of carbonyl (C=O) groups is 2. The maximum atomic E-state index is 15.1. The second-order valence-electron chi connectivity index (χ2n) is 10.3. The number of hydrogen-bond donors (Lipinski definition) is 3. The van der Waals surface area contributed by atoms with Crippen molar-refractivity contribution < 1.29 is 27.9 Å². The third-order valence-corrected chi connectivity index (χ3v) is 8.41. The smallest absolute Gasteiger partial charge is 0.254 e. The van der Waals surface area contributed by atoms with Crippen LogP contribution in [0.5, 0.6) is 0 Å². The molecule has 3 aliphatic carbocycles. The van der Waals surface area contributed by atoms with E-state index in [4.69, 9.17) is 11.6 Å². The first-order chi connectivity index (χ1) is 17.1. The minimum atomic E-state index is -1.41. The van der Waals surface area contributed by atoms with E-state index < -0.39 is 58.6 Å². The summed E-state index contributed by atoms with van der Waals surface area (Å²) >= 11 is 5.95. The first-order valence-electron chi connectivity index (χ1n) is 12.0. The number of alkyl halides is 1. The van der Waals surface area contributed by atoms with Gasteiger partial charge in [-0.15, -0.1) is 0 Å². The third-order valence-electron chi connectivity index (χ3n) is 8.12. The number of halogens is 4. The molecule has 192 valence electrons. The summed E-state index contributed by atoms with van der Waals surface area (Å²) in [7, 11) is 0. The molecule has 2 bridgehead atoms. The van der Waals surface area contributed by atoms with E-state index in [0.29, 0.717) is 12.8 Å². The Morgan fingerprint density at radius 1 is 1.11 bits per heavy atom. The summed E-state index contributed by atoms with van der Waals surface area (Å²) in [5.74, 6) is -3.56. The Morgan fingerprint density at radius 2 is 1.81 bits per heavy atom. The Kier molecular flexibility index (Phi) is 6.45. The zero-order chi connectivity index (χ0) is 25.7. The topological polar surface area (TPSA) is 104 Å². The number of carbonyl (C=O) groups excluding carboxylic acids is 2. The monoisotopic (exact) mass is 522 g/mol. The molecule has 3 saturated carbocycles. The van der Waals surface area contributed by atoms with Crippen LogP contribution in [-0.4, -0.2) is 44.7 Å². The van der Waals surface area contributed by atoms with Gasteiger partial charge in [0, 0.05) is 23.9 Å². The van der Waals surface area contributed by atoms with Crippen LogP contribution in [0.25, 0.3) is 0 Å². The Balaban J connectivity index is 1.36. The van der Waals surface area contributed by atoms with E-state index in [1.165, 1.54) is 18.7 Å². The molecular formula is C25H26ClF3N4O3. The number of nitrogens with one attached hydrogen (secondary N) is 2. The Labute approximate surface area is 210 Å². The van der Waals surface area contributed by atoms with E-state index in [9.17, 15) is 19.1 Å². The molecule has 3 N–H and O–H groups in total. The molecule has 3 aliphatic rings. The number of amides is 2. The predicted octanol–water partition coefficient (Wildman–Crippen LogP) is 3.81. The van der Waals surface area contributed by atoms with Gasteiger partial charge >= 0.3 is 0 Å². The summed E-state index contributed by atoms with van der Waals surface area (Å²) in [4.78, 5) is 33.4. The summed E-state index contributed by atoms with van der Waals surface area (Å²) in [5, 5.41) is 15.7. The van der Waals surface area contributed by atoms with Gasteiger partial charge in [-0.3, -0.25) is 9.59 Å². The largest absolute Gasteiger partial charge is 0.391 e. The molecule has 1 heterocycles. The van der Waals surface area contributed by atoms with Gasteiger partial charge in [0.2, 0.25) is 5.91 Å². The van der Waals surface area contributed by atoms with Gasteiger partial charge in [-0.05, 0) is 62.5 Å². The summed E-state index contributed by atoms with van der Waals surface area (Å²) in [6.45, 7) is 0. The van der Waals surface area contributed by atoms with Crippen molar-refractivity contribution in [2.75, 3.05) is 0 Å². The normalized spacial score (nSPS) is 31.9. The predicted molar refractivity (Wildman–Crippen MR) is 124 cm³/mol. The van der Waals surface area contributed by atoms with Crippen LogP contribution in [0.15, 0.2) is 30.9 Å². The molecule has 1 aromatic heterocycles. The van der Waals surface area contributed by atoms with Crippen LogP contribution >= 0.6 is 11.6 Å². The maximum absolute atomic E-state index is 15.1. The van der Waals surface area contributed by atoms with E-state index in [2.05, 4.69) is 20.6 Å². The molecule has 7 nitrogen and oxygen atoms in total. The molecule has 2 amide bonds. The minimum Gasteiger partial charge on any atom is -0.391 e. The summed E-state index contributed by atoms with van der Waals surface area (Å²) < 4.78 is 45.2. The number of rotatable bonds is 6. The minimum absolute atomic E-state index is 0.0509. The van der Waals surface area contributed by atoms with Gasteiger partial charge in [0.05, 0.1) is 28.8 Å². The summed E-state index contributed by atoms with van der Waals surface area (Å²) in [5.41, 5.74) is -2.40. The molecule has 1 aromatic carbocycles. The molecule has 0 aliphatic heterocycles. The van der Waals surface area contributed by atoms with Crippen molar-refractivity contribution in [3.63, 3.8) is 0 Å². The van der Waals surface area contributed by atoms with Gasteiger partial charge in [0.1, 0.15) is 23.6 Å². The van der Waals surface area contributed by atoms with E-state index in [-0.39, 0.29) is 48.3 Å². The van der Waals surface area contributed by atoms with Crippen LogP contribution in [-0.2, 0) is 4.79 Å². The van der Waals surface area contributed by atoms with Gasteiger partial charge < -0.3 is 15.7 Å². The SMILES string of the molecule is O=C(N[C@H]1C[C@@H](C(=O)N[C@H](c2c(F)ccc(Cl)c2F)C23CCC(F)(CC2)C3)C[C@H]1O)c1cncnc1. The van der Waals surface area contributed by atoms with Crippen LogP contribution in [0.4, 0.5) is 13.2 Å². The lowest BCUT2D eigenvalue weighted by Crippen LogP contribution is -2.43. The second kappa shape index (κ2) is 9.30. The Bertz CT molecular complexity index is 1180. The zero-order valence-electron chi connectivity index (χ0n) is 19.3. The summed E-state index contributed by atoms with van der Waals surface area (Å²) in [6.07, 6.45) is 4.52. The van der Waals surface area contributed by atoms with Gasteiger partial charge in [-0.1, -0.05) is 11.6 Å². The van der Waals surface area contributed by atoms with Crippen LogP contribution in [0.3, 0.4) is 0 Å². The molecule has 11 heteroatoms. The molecule has 36 heavy (non-hydrogen) atoms. The average Bonchev–Trinajstić information content (AvgIpc) is 3.52. The first-order valence-corrected chi connectivity index (χ1v) is 12.4. The zero-order valence-corrected chi connectivity index (χ0v) is 20.1. The highest BCUT2D eigenvalue weighted by atomic mass is 35.5. The van der Waals surface area contributed by atoms with Crippen LogP contribution in [0.1, 0.15) is 66.9 Å². The maximum Gasteiger partial charge on any atom is 0.254 e. The number of benzene rings is 1. The molecule has 4 atom stereocenters. The van der Waals surface area contributed by atoms with Crippen LogP contribution in [0.2, 0.25) is 5.02 Å². The highest BCUT2D eigenvalue weighted by molar-refractivity contribution is 6.30. The van der Waals surface area contributed by atoms with E-state index in [1.54, 1.807) is 0 Å². The molecule has 5 rings (SSSR count). The number of aromatic nitrogens is 2. The fraction of sp³-hybridized carbons (Fsp3) is 0.520. The van der Waals surface area contributed by atoms with E-state index in [0.717, 1.165) is 12.1 Å². The standard InChI is InChI=1S/C25H26ClF3N4O3/c26-15-1-2-16(27)19(20(15)28)21(24-3-5-25(29,11-24)6-4-24)33-22(35)13-7-17(18(34)8-13)32-23(36)14-9-30-12-31-10-14/h1-2,9-10,12-13,17-18,21,34H,3-8,11H2,(H,32,36)(H,33,35)/t13-,17+,18-,21-,24?,25?/m1/s1.